The molecule has 144 valence electrons. The number of ether oxygens (including phenoxy) is 1. The maximum Gasteiger partial charge on any atom is 0.333 e. The monoisotopic (exact) mass is 365 g/mol. The summed E-state index contributed by atoms with van der Waals surface area (Å²) in [6.45, 7) is 5.16. The number of esters is 1. The molecule has 0 atom stereocenters. The molecule has 0 aliphatic carbocycles. The van der Waals surface area contributed by atoms with E-state index in [0.717, 1.165) is 9.80 Å². The van der Waals surface area contributed by atoms with Crippen LogP contribution in [0.3, 0.4) is 0 Å². The smallest absolute Gasteiger partial charge is 0.333 e. The molecule has 1 aliphatic heterocycles. The molecule has 0 unspecified atom stereocenters. The average Bonchev–Trinajstić information content (AvgIpc) is 2.58. The van der Waals surface area contributed by atoms with Crippen LogP contribution < -0.4 is 0 Å². The lowest BCUT2D eigenvalue weighted by atomic mass is 9.91. The number of imide groups is 2. The third-order valence-electron chi connectivity index (χ3n) is 4.16. The highest BCUT2D eigenvalue weighted by molar-refractivity contribution is 6.28. The van der Waals surface area contributed by atoms with Crippen molar-refractivity contribution in [1.29, 1.82) is 0 Å². The van der Waals surface area contributed by atoms with Crippen LogP contribution in [0.4, 0.5) is 4.79 Å². The predicted molar refractivity (Wildman–Crippen MR) is 95.8 cm³/mol. The molecule has 26 heavy (non-hydrogen) atoms. The zero-order valence-electron chi connectivity index (χ0n) is 16.2. The van der Waals surface area contributed by atoms with Gasteiger partial charge < -0.3 is 9.64 Å². The molecule has 0 aromatic heterocycles. The van der Waals surface area contributed by atoms with Gasteiger partial charge in [-0.25, -0.2) is 4.79 Å². The molecule has 0 aromatic carbocycles. The van der Waals surface area contributed by atoms with Gasteiger partial charge in [0.25, 0.3) is 11.8 Å². The molecule has 0 saturated carbocycles. The summed E-state index contributed by atoms with van der Waals surface area (Å²) in [7, 11) is 4.90. The molecular formula is C18H27N3O5. The maximum absolute atomic E-state index is 12.5. The van der Waals surface area contributed by atoms with E-state index in [9.17, 15) is 19.2 Å². The largest absolute Gasteiger partial charge is 0.463 e. The molecule has 1 aliphatic rings. The van der Waals surface area contributed by atoms with Crippen molar-refractivity contribution in [3.63, 3.8) is 0 Å². The molecule has 0 N–H and O–H groups in total. The number of carbonyl (C=O) groups excluding carboxylic acids is 4. The highest BCUT2D eigenvalue weighted by atomic mass is 16.5. The van der Waals surface area contributed by atoms with Crippen molar-refractivity contribution in [2.45, 2.75) is 27.2 Å². The van der Waals surface area contributed by atoms with E-state index in [1.165, 1.54) is 13.1 Å². The highest BCUT2D eigenvalue weighted by Crippen LogP contribution is 2.21. The molecule has 1 heterocycles. The molecule has 1 saturated heterocycles. The molecule has 0 radical (unpaired) electrons. The number of hydrogen-bond donors (Lipinski definition) is 0. The van der Waals surface area contributed by atoms with E-state index < -0.39 is 29.2 Å². The Morgan fingerprint density at radius 3 is 2.35 bits per heavy atom. The van der Waals surface area contributed by atoms with Gasteiger partial charge in [0.05, 0.1) is 12.0 Å². The molecule has 8 nitrogen and oxygen atoms in total. The molecule has 0 aromatic rings. The van der Waals surface area contributed by atoms with Crippen molar-refractivity contribution >= 4 is 23.8 Å². The van der Waals surface area contributed by atoms with Crippen LogP contribution in [0, 0.1) is 5.41 Å². The van der Waals surface area contributed by atoms with Gasteiger partial charge in [-0.05, 0) is 38.6 Å². The van der Waals surface area contributed by atoms with Gasteiger partial charge in [-0.2, -0.15) is 0 Å². The molecule has 8 heteroatoms. The fourth-order valence-corrected chi connectivity index (χ4v) is 1.99. The van der Waals surface area contributed by atoms with E-state index in [4.69, 9.17) is 4.74 Å². The predicted octanol–water partition coefficient (Wildman–Crippen LogP) is 1.39. The van der Waals surface area contributed by atoms with Gasteiger partial charge in [-0.1, -0.05) is 6.92 Å². The summed E-state index contributed by atoms with van der Waals surface area (Å²) in [6.07, 6.45) is 5.20. The second kappa shape index (κ2) is 8.64. The van der Waals surface area contributed by atoms with Gasteiger partial charge in [0.1, 0.15) is 12.2 Å². The second-order valence-corrected chi connectivity index (χ2v) is 6.86. The number of nitrogens with zero attached hydrogens (tertiary/aromatic N) is 3. The Labute approximate surface area is 154 Å². The van der Waals surface area contributed by atoms with Crippen LogP contribution in [0.1, 0.15) is 27.2 Å². The van der Waals surface area contributed by atoms with Crippen LogP contribution in [0.5, 0.6) is 0 Å². The molecule has 4 amide bonds. The summed E-state index contributed by atoms with van der Waals surface area (Å²) in [6, 6.07) is -0.737. The topological polar surface area (TPSA) is 87.2 Å². The highest BCUT2D eigenvalue weighted by Gasteiger charge is 2.39. The van der Waals surface area contributed by atoms with E-state index in [0.29, 0.717) is 6.42 Å². The first kappa shape index (κ1) is 21.4. The number of barbiturate groups is 1. The lowest BCUT2D eigenvalue weighted by Gasteiger charge is -2.31. The van der Waals surface area contributed by atoms with Crippen LogP contribution >= 0.6 is 0 Å². The Hall–Kier alpha value is -2.64. The van der Waals surface area contributed by atoms with Crippen molar-refractivity contribution in [3.05, 3.63) is 23.9 Å². The molecule has 0 spiro atoms. The number of amides is 4. The van der Waals surface area contributed by atoms with Crippen LogP contribution in [0.15, 0.2) is 23.9 Å². The fraction of sp³-hybridized carbons (Fsp3) is 0.556. The molecule has 1 rings (SSSR count). The molecule has 1 fully saturated rings. The number of rotatable bonds is 7. The average molecular weight is 365 g/mol. The van der Waals surface area contributed by atoms with Gasteiger partial charge in [0, 0.05) is 21.1 Å². The third kappa shape index (κ3) is 4.93. The quantitative estimate of drug-likeness (QED) is 0.385. The standard InChI is InChI=1S/C18H27N3O5/c1-7-18(2,3)16(24)26-12-11-21-15(23)13(9-8-10-19(4)5)14(22)20(6)17(21)25/h8-10H,7,11-12H2,1-6H3/b10-8+,13-9+. The van der Waals surface area contributed by atoms with Crippen LogP contribution in [0.2, 0.25) is 0 Å². The van der Waals surface area contributed by atoms with E-state index in [-0.39, 0.29) is 18.7 Å². The summed E-state index contributed by atoms with van der Waals surface area (Å²) in [4.78, 5) is 52.4. The summed E-state index contributed by atoms with van der Waals surface area (Å²) < 4.78 is 5.18. The Morgan fingerprint density at radius 2 is 1.81 bits per heavy atom. The van der Waals surface area contributed by atoms with Gasteiger partial charge in [-0.15, -0.1) is 0 Å². The second-order valence-electron chi connectivity index (χ2n) is 6.86. The van der Waals surface area contributed by atoms with Gasteiger partial charge in [0.15, 0.2) is 0 Å². The number of likely N-dealkylation sites (N-methyl/N-ethyl adjacent to an activating group) is 1. The first-order chi connectivity index (χ1) is 12.0. The van der Waals surface area contributed by atoms with E-state index in [1.807, 2.05) is 6.92 Å². The van der Waals surface area contributed by atoms with Crippen molar-refractivity contribution < 1.29 is 23.9 Å². The van der Waals surface area contributed by atoms with Crippen molar-refractivity contribution in [2.24, 2.45) is 5.41 Å². The molecule has 0 bridgehead atoms. The lowest BCUT2D eigenvalue weighted by molar-refractivity contribution is -0.155. The fourth-order valence-electron chi connectivity index (χ4n) is 1.99. The van der Waals surface area contributed by atoms with Crippen molar-refractivity contribution in [1.82, 2.24) is 14.7 Å². The number of hydrogen-bond acceptors (Lipinski definition) is 6. The Bertz CT molecular complexity index is 649. The molecular weight excluding hydrogens is 338 g/mol. The maximum atomic E-state index is 12.5. The first-order valence-electron chi connectivity index (χ1n) is 8.39. The SMILES string of the molecule is CCC(C)(C)C(=O)OCCN1C(=O)/C(=C/C=C/N(C)C)C(=O)N(C)C1=O. The first-order valence-corrected chi connectivity index (χ1v) is 8.39. The van der Waals surface area contributed by atoms with E-state index >= 15 is 0 Å². The minimum Gasteiger partial charge on any atom is -0.463 e. The van der Waals surface area contributed by atoms with E-state index in [1.54, 1.807) is 45.1 Å². The summed E-state index contributed by atoms with van der Waals surface area (Å²) in [5, 5.41) is 0. The van der Waals surface area contributed by atoms with Gasteiger partial charge in [-0.3, -0.25) is 24.2 Å². The minimum absolute atomic E-state index is 0.116. The van der Waals surface area contributed by atoms with Crippen LogP contribution in [0.25, 0.3) is 0 Å². The van der Waals surface area contributed by atoms with Crippen molar-refractivity contribution in [2.75, 3.05) is 34.3 Å². The zero-order chi connectivity index (χ0) is 20.1. The third-order valence-corrected chi connectivity index (χ3v) is 4.16. The van der Waals surface area contributed by atoms with Crippen molar-refractivity contribution in [3.8, 4) is 0 Å². The van der Waals surface area contributed by atoms with Crippen LogP contribution in [-0.2, 0) is 19.1 Å². The van der Waals surface area contributed by atoms with Crippen LogP contribution in [-0.4, -0.2) is 72.8 Å². The summed E-state index contributed by atoms with van der Waals surface area (Å²) >= 11 is 0. The number of allylic oxidation sites excluding steroid dienone is 2. The Balaban J connectivity index is 2.87. The Kier molecular flexibility index (Phi) is 7.11. The summed E-state index contributed by atoms with van der Waals surface area (Å²) in [5.74, 6) is -1.76. The zero-order valence-corrected chi connectivity index (χ0v) is 16.2. The number of carbonyl (C=O) groups is 4. The number of urea groups is 1. The minimum atomic E-state index is -0.737. The summed E-state index contributed by atoms with van der Waals surface area (Å²) in [5.41, 5.74) is -0.754. The van der Waals surface area contributed by atoms with Gasteiger partial charge >= 0.3 is 12.0 Å². The lowest BCUT2D eigenvalue weighted by Crippen LogP contribution is -2.55. The van der Waals surface area contributed by atoms with Gasteiger partial charge in [0.2, 0.25) is 0 Å². The Morgan fingerprint density at radius 1 is 1.19 bits per heavy atom. The normalized spacial score (nSPS) is 17.5. The van der Waals surface area contributed by atoms with E-state index in [2.05, 4.69) is 0 Å².